The van der Waals surface area contributed by atoms with Crippen LogP contribution in [0.2, 0.25) is 0 Å². The normalized spacial score (nSPS) is 10.9. The molecule has 0 radical (unpaired) electrons. The van der Waals surface area contributed by atoms with E-state index >= 15 is 0 Å². The van der Waals surface area contributed by atoms with Gasteiger partial charge in [0.25, 0.3) is 0 Å². The van der Waals surface area contributed by atoms with Gasteiger partial charge in [0.2, 0.25) is 58.2 Å². The van der Waals surface area contributed by atoms with Crippen molar-refractivity contribution in [1.29, 1.82) is 0 Å². The Morgan fingerprint density at radius 1 is 0.516 bits per heavy atom. The zero-order valence-electron chi connectivity index (χ0n) is 14.3. The second kappa shape index (κ2) is 8.31. The Hall–Kier alpha value is -3.52. The molecule has 0 aliphatic rings. The SMILES string of the molecule is Fc1c(F)c(F)c(OB(Oc2ccc[nH]2)Oc2c(F)c(F)c(F)c(F)c2F)c(F)c1F. The van der Waals surface area contributed by atoms with Crippen molar-refractivity contribution in [2.75, 3.05) is 0 Å². The Kier molecular flexibility index (Phi) is 5.95. The number of benzene rings is 2. The van der Waals surface area contributed by atoms with Crippen LogP contribution in [0.4, 0.5) is 43.9 Å². The molecule has 0 amide bonds. The fourth-order valence-corrected chi connectivity index (χ4v) is 2.13. The van der Waals surface area contributed by atoms with Crippen molar-refractivity contribution in [3.05, 3.63) is 76.5 Å². The number of hydrogen-bond acceptors (Lipinski definition) is 3. The Morgan fingerprint density at radius 3 is 1.19 bits per heavy atom. The quantitative estimate of drug-likeness (QED) is 0.246. The van der Waals surface area contributed by atoms with Crippen LogP contribution in [0.3, 0.4) is 0 Å². The molecule has 3 rings (SSSR count). The first-order valence-corrected chi connectivity index (χ1v) is 7.70. The summed E-state index contributed by atoms with van der Waals surface area (Å²) < 4.78 is 149. The van der Waals surface area contributed by atoms with Gasteiger partial charge >= 0.3 is 7.32 Å². The van der Waals surface area contributed by atoms with Gasteiger partial charge in [0.1, 0.15) is 0 Å². The van der Waals surface area contributed by atoms with Gasteiger partial charge in [0, 0.05) is 6.20 Å². The zero-order valence-corrected chi connectivity index (χ0v) is 14.3. The Labute approximate surface area is 165 Å². The van der Waals surface area contributed by atoms with Crippen molar-refractivity contribution in [2.24, 2.45) is 0 Å². The van der Waals surface area contributed by atoms with Crippen molar-refractivity contribution in [3.63, 3.8) is 0 Å². The molecule has 0 atom stereocenters. The average Bonchev–Trinajstić information content (AvgIpc) is 3.26. The minimum absolute atomic E-state index is 0.419. The van der Waals surface area contributed by atoms with Crippen LogP contribution >= 0.6 is 0 Å². The molecular weight excluding hydrogens is 455 g/mol. The summed E-state index contributed by atoms with van der Waals surface area (Å²) in [5.74, 6) is -29.5. The number of halogens is 10. The van der Waals surface area contributed by atoms with Gasteiger partial charge in [-0.05, 0) is 12.1 Å². The molecule has 4 nitrogen and oxygen atoms in total. The molecule has 31 heavy (non-hydrogen) atoms. The molecule has 164 valence electrons. The highest BCUT2D eigenvalue weighted by Crippen LogP contribution is 2.32. The molecule has 0 fully saturated rings. The summed E-state index contributed by atoms with van der Waals surface area (Å²) in [4.78, 5) is 2.29. The van der Waals surface area contributed by atoms with Crippen LogP contribution in [0.5, 0.6) is 17.4 Å². The third kappa shape index (κ3) is 3.94. The minimum atomic E-state index is -2.81. The van der Waals surface area contributed by atoms with Crippen LogP contribution in [0.15, 0.2) is 18.3 Å². The van der Waals surface area contributed by atoms with Crippen molar-refractivity contribution in [3.8, 4) is 17.4 Å². The third-order valence-electron chi connectivity index (χ3n) is 3.56. The van der Waals surface area contributed by atoms with E-state index in [1.165, 1.54) is 12.3 Å². The highest BCUT2D eigenvalue weighted by atomic mass is 19.2. The van der Waals surface area contributed by atoms with Crippen molar-refractivity contribution in [2.45, 2.75) is 0 Å². The van der Waals surface area contributed by atoms with E-state index in [4.69, 9.17) is 4.65 Å². The molecule has 0 saturated carbocycles. The van der Waals surface area contributed by atoms with Crippen LogP contribution in [-0.4, -0.2) is 12.3 Å². The van der Waals surface area contributed by atoms with Gasteiger partial charge in [-0.25, -0.2) is 26.3 Å². The van der Waals surface area contributed by atoms with E-state index in [0.29, 0.717) is 0 Å². The molecule has 15 heteroatoms. The summed E-state index contributed by atoms with van der Waals surface area (Å²) in [6.45, 7) is 0. The molecule has 0 aliphatic heterocycles. The number of hydrogen-bond donors (Lipinski definition) is 1. The second-order valence-corrected chi connectivity index (χ2v) is 5.47. The van der Waals surface area contributed by atoms with Crippen LogP contribution in [0.1, 0.15) is 0 Å². The molecule has 0 spiro atoms. The molecule has 0 aliphatic carbocycles. The highest BCUT2D eigenvalue weighted by Gasteiger charge is 2.39. The zero-order chi connectivity index (χ0) is 23.0. The monoisotopic (exact) mass is 459 g/mol. The van der Waals surface area contributed by atoms with Gasteiger partial charge in [-0.15, -0.1) is 0 Å². The number of nitrogens with one attached hydrogen (secondary N) is 1. The summed E-state index contributed by atoms with van der Waals surface area (Å²) in [6.07, 6.45) is 1.18. The Morgan fingerprint density at radius 2 is 0.871 bits per heavy atom. The fraction of sp³-hybridized carbons (Fsp3) is 0. The predicted octanol–water partition coefficient (Wildman–Crippen LogP) is 4.93. The molecule has 0 unspecified atom stereocenters. The van der Waals surface area contributed by atoms with Crippen molar-refractivity contribution in [1.82, 2.24) is 4.98 Å². The topological polar surface area (TPSA) is 43.5 Å². The van der Waals surface area contributed by atoms with Gasteiger partial charge in [0.05, 0.1) is 0 Å². The lowest BCUT2D eigenvalue weighted by Gasteiger charge is -2.18. The summed E-state index contributed by atoms with van der Waals surface area (Å²) in [6, 6.07) is 2.32. The average molecular weight is 459 g/mol. The lowest BCUT2D eigenvalue weighted by molar-refractivity contribution is 0.258. The summed E-state index contributed by atoms with van der Waals surface area (Å²) in [7, 11) is -2.81. The highest BCUT2D eigenvalue weighted by molar-refractivity contribution is 6.39. The van der Waals surface area contributed by atoms with Gasteiger partial charge in [-0.1, -0.05) is 0 Å². The molecule has 0 bridgehead atoms. The van der Waals surface area contributed by atoms with Crippen LogP contribution in [0.25, 0.3) is 0 Å². The van der Waals surface area contributed by atoms with Crippen LogP contribution < -0.4 is 14.0 Å². The Bertz CT molecular complexity index is 1010. The number of H-pyrrole nitrogens is 1. The van der Waals surface area contributed by atoms with Gasteiger partial charge in [-0.2, -0.15) is 17.6 Å². The molecule has 1 N–H and O–H groups in total. The van der Waals surface area contributed by atoms with E-state index in [1.54, 1.807) is 0 Å². The van der Waals surface area contributed by atoms with Gasteiger partial charge in [-0.3, -0.25) is 0 Å². The Balaban J connectivity index is 2.06. The number of rotatable bonds is 6. The predicted molar refractivity (Wildman–Crippen MR) is 80.9 cm³/mol. The lowest BCUT2D eigenvalue weighted by Crippen LogP contribution is -2.38. The first kappa shape index (κ1) is 22.2. The van der Waals surface area contributed by atoms with E-state index in [0.717, 1.165) is 6.07 Å². The number of aromatic nitrogens is 1. The fourth-order valence-electron chi connectivity index (χ4n) is 2.13. The van der Waals surface area contributed by atoms with Crippen LogP contribution in [0, 0.1) is 58.2 Å². The maximum Gasteiger partial charge on any atom is 0.865 e. The smallest absolute Gasteiger partial charge is 0.484 e. The largest absolute Gasteiger partial charge is 0.865 e. The van der Waals surface area contributed by atoms with E-state index in [9.17, 15) is 43.9 Å². The summed E-state index contributed by atoms with van der Waals surface area (Å²) >= 11 is 0. The summed E-state index contributed by atoms with van der Waals surface area (Å²) in [5.41, 5.74) is 0. The molecule has 2 aromatic carbocycles. The second-order valence-electron chi connectivity index (χ2n) is 5.47. The lowest BCUT2D eigenvalue weighted by atomic mass is 10.1. The number of aromatic amines is 1. The maximum absolute atomic E-state index is 13.8. The molecule has 1 aromatic heterocycles. The minimum Gasteiger partial charge on any atom is -0.484 e. The first-order chi connectivity index (χ1) is 14.5. The van der Waals surface area contributed by atoms with Crippen molar-refractivity contribution < 1.29 is 57.9 Å². The van der Waals surface area contributed by atoms with Gasteiger partial charge in [0.15, 0.2) is 17.4 Å². The van der Waals surface area contributed by atoms with E-state index in [-0.39, 0.29) is 0 Å². The van der Waals surface area contributed by atoms with Crippen LogP contribution in [-0.2, 0) is 0 Å². The van der Waals surface area contributed by atoms with E-state index < -0.39 is 82.9 Å². The van der Waals surface area contributed by atoms with Gasteiger partial charge < -0.3 is 18.9 Å². The standard InChI is InChI=1S/C16H4BF10NO3/c18-5-7(20)11(24)15(12(25)8(5)21)30-17(29-4-2-1-3-28-4)31-16-13(26)9(22)6(19)10(23)14(16)27/h1-3,28H. The maximum atomic E-state index is 13.8. The van der Waals surface area contributed by atoms with Crippen molar-refractivity contribution >= 4 is 7.32 Å². The molecule has 1 heterocycles. The molecule has 3 aromatic rings. The van der Waals surface area contributed by atoms with E-state index in [2.05, 4.69) is 14.3 Å². The third-order valence-corrected chi connectivity index (χ3v) is 3.56. The van der Waals surface area contributed by atoms with E-state index in [1.807, 2.05) is 0 Å². The first-order valence-electron chi connectivity index (χ1n) is 7.70. The molecular formula is C16H4BF10NO3. The molecule has 0 saturated heterocycles. The summed E-state index contributed by atoms with van der Waals surface area (Å²) in [5, 5.41) is 0.